The van der Waals surface area contributed by atoms with Crippen LogP contribution in [0.3, 0.4) is 0 Å². The second kappa shape index (κ2) is 11.1. The zero-order chi connectivity index (χ0) is 16.9. The first-order chi connectivity index (χ1) is 11.2. The SMILES string of the molecule is C=C(/C=C/C(/C=C\N)=N/C)NCc1ccc(OCCNC)cc1. The molecule has 23 heavy (non-hydrogen) atoms. The van der Waals surface area contributed by atoms with E-state index in [0.29, 0.717) is 13.2 Å². The van der Waals surface area contributed by atoms with E-state index in [1.54, 1.807) is 13.1 Å². The topological polar surface area (TPSA) is 71.7 Å². The number of hydrogen-bond donors (Lipinski definition) is 3. The van der Waals surface area contributed by atoms with E-state index in [9.17, 15) is 0 Å². The summed E-state index contributed by atoms with van der Waals surface area (Å²) < 4.78 is 5.59. The van der Waals surface area contributed by atoms with Crippen LogP contribution in [0.5, 0.6) is 5.75 Å². The van der Waals surface area contributed by atoms with Crippen LogP contribution < -0.4 is 21.1 Å². The van der Waals surface area contributed by atoms with E-state index in [4.69, 9.17) is 10.5 Å². The van der Waals surface area contributed by atoms with Crippen molar-refractivity contribution in [1.29, 1.82) is 0 Å². The minimum atomic E-state index is 0.661. The van der Waals surface area contributed by atoms with Crippen molar-refractivity contribution in [2.24, 2.45) is 10.7 Å². The maximum atomic E-state index is 5.59. The number of benzene rings is 1. The first kappa shape index (κ1) is 18.5. The number of nitrogens with one attached hydrogen (secondary N) is 2. The van der Waals surface area contributed by atoms with Gasteiger partial charge in [-0.3, -0.25) is 4.99 Å². The van der Waals surface area contributed by atoms with Crippen LogP contribution in [-0.4, -0.2) is 33.0 Å². The molecule has 1 aromatic rings. The standard InChI is InChI=1S/C18H26N4O/c1-15(4-7-17(21-3)10-11-19)22-14-16-5-8-18(9-6-16)23-13-12-20-2/h4-11,20,22H,1,12-14,19H2,2-3H3/b7-4+,11-10-,21-17-. The summed E-state index contributed by atoms with van der Waals surface area (Å²) in [6.07, 6.45) is 6.93. The second-order valence-electron chi connectivity index (χ2n) is 4.82. The summed E-state index contributed by atoms with van der Waals surface area (Å²) in [5.74, 6) is 0.875. The van der Waals surface area contributed by atoms with Crippen molar-refractivity contribution in [3.63, 3.8) is 0 Å². The molecule has 1 aromatic carbocycles. The molecule has 0 radical (unpaired) electrons. The van der Waals surface area contributed by atoms with Gasteiger partial charge in [-0.25, -0.2) is 0 Å². The lowest BCUT2D eigenvalue weighted by Crippen LogP contribution is -2.16. The molecule has 0 saturated heterocycles. The third-order valence-corrected chi connectivity index (χ3v) is 3.04. The highest BCUT2D eigenvalue weighted by atomic mass is 16.5. The van der Waals surface area contributed by atoms with Crippen LogP contribution >= 0.6 is 0 Å². The van der Waals surface area contributed by atoms with Crippen molar-refractivity contribution in [3.8, 4) is 5.75 Å². The zero-order valence-electron chi connectivity index (χ0n) is 13.9. The number of rotatable bonds is 10. The van der Waals surface area contributed by atoms with Gasteiger partial charge in [0.05, 0.1) is 5.71 Å². The summed E-state index contributed by atoms with van der Waals surface area (Å²) in [4.78, 5) is 4.08. The molecule has 1 rings (SSSR count). The molecule has 0 saturated carbocycles. The van der Waals surface area contributed by atoms with Gasteiger partial charge in [-0.2, -0.15) is 0 Å². The first-order valence-corrected chi connectivity index (χ1v) is 7.52. The molecule has 0 aliphatic rings. The summed E-state index contributed by atoms with van der Waals surface area (Å²) in [5, 5.41) is 6.29. The van der Waals surface area contributed by atoms with Gasteiger partial charge in [-0.05, 0) is 49.2 Å². The molecule has 5 nitrogen and oxygen atoms in total. The molecule has 0 spiro atoms. The number of nitrogens with zero attached hydrogens (tertiary/aromatic N) is 1. The number of ether oxygens (including phenoxy) is 1. The maximum Gasteiger partial charge on any atom is 0.119 e. The number of allylic oxidation sites excluding steroid dienone is 3. The number of nitrogens with two attached hydrogens (primary N) is 1. The zero-order valence-corrected chi connectivity index (χ0v) is 13.9. The van der Waals surface area contributed by atoms with E-state index in [2.05, 4.69) is 22.2 Å². The van der Waals surface area contributed by atoms with Crippen molar-refractivity contribution in [1.82, 2.24) is 10.6 Å². The molecule has 5 heteroatoms. The van der Waals surface area contributed by atoms with Gasteiger partial charge in [0.15, 0.2) is 0 Å². The molecule has 0 heterocycles. The molecular formula is C18H26N4O. The van der Waals surface area contributed by atoms with Gasteiger partial charge in [-0.1, -0.05) is 18.7 Å². The smallest absolute Gasteiger partial charge is 0.119 e. The van der Waals surface area contributed by atoms with Gasteiger partial charge in [0.1, 0.15) is 12.4 Å². The van der Waals surface area contributed by atoms with Crippen LogP contribution in [0.1, 0.15) is 5.56 Å². The monoisotopic (exact) mass is 314 g/mol. The average Bonchev–Trinajstić information content (AvgIpc) is 2.58. The molecule has 124 valence electrons. The van der Waals surface area contributed by atoms with Crippen LogP contribution in [0, 0.1) is 0 Å². The number of aliphatic imine (C=N–C) groups is 1. The van der Waals surface area contributed by atoms with Crippen molar-refractivity contribution in [3.05, 3.63) is 66.5 Å². The Bertz CT molecular complexity index is 559. The lowest BCUT2D eigenvalue weighted by atomic mass is 10.2. The molecule has 0 bridgehead atoms. The minimum absolute atomic E-state index is 0.661. The van der Waals surface area contributed by atoms with Gasteiger partial charge >= 0.3 is 0 Å². The molecule has 4 N–H and O–H groups in total. The Hall–Kier alpha value is -2.53. The van der Waals surface area contributed by atoms with Crippen molar-refractivity contribution >= 4 is 5.71 Å². The summed E-state index contributed by atoms with van der Waals surface area (Å²) >= 11 is 0. The van der Waals surface area contributed by atoms with Crippen LogP contribution in [0.25, 0.3) is 0 Å². The quantitative estimate of drug-likeness (QED) is 0.351. The molecule has 0 fully saturated rings. The lowest BCUT2D eigenvalue weighted by molar-refractivity contribution is 0.318. The Kier molecular flexibility index (Phi) is 8.93. The fourth-order valence-electron chi connectivity index (χ4n) is 1.74. The molecule has 0 amide bonds. The summed E-state index contributed by atoms with van der Waals surface area (Å²) in [6, 6.07) is 8.02. The van der Waals surface area contributed by atoms with E-state index in [-0.39, 0.29) is 0 Å². The maximum absolute atomic E-state index is 5.59. The van der Waals surface area contributed by atoms with E-state index in [0.717, 1.165) is 29.3 Å². The van der Waals surface area contributed by atoms with Gasteiger partial charge in [0, 0.05) is 25.8 Å². The first-order valence-electron chi connectivity index (χ1n) is 7.52. The molecule has 0 aromatic heterocycles. The van der Waals surface area contributed by atoms with E-state index >= 15 is 0 Å². The largest absolute Gasteiger partial charge is 0.492 e. The fraction of sp³-hybridized carbons (Fsp3) is 0.278. The fourth-order valence-corrected chi connectivity index (χ4v) is 1.74. The molecule has 0 unspecified atom stereocenters. The molecular weight excluding hydrogens is 288 g/mol. The lowest BCUT2D eigenvalue weighted by Gasteiger charge is -2.08. The van der Waals surface area contributed by atoms with Crippen LogP contribution in [0.4, 0.5) is 0 Å². The Morgan fingerprint density at radius 1 is 1.26 bits per heavy atom. The predicted octanol–water partition coefficient (Wildman–Crippen LogP) is 1.99. The Morgan fingerprint density at radius 3 is 2.61 bits per heavy atom. The average molecular weight is 314 g/mol. The third kappa shape index (κ3) is 7.87. The van der Waals surface area contributed by atoms with E-state index in [1.165, 1.54) is 6.20 Å². The van der Waals surface area contributed by atoms with E-state index in [1.807, 2.05) is 43.5 Å². The van der Waals surface area contributed by atoms with Gasteiger partial charge in [-0.15, -0.1) is 0 Å². The van der Waals surface area contributed by atoms with E-state index < -0.39 is 0 Å². The Labute approximate surface area is 138 Å². The van der Waals surface area contributed by atoms with Crippen LogP contribution in [0.2, 0.25) is 0 Å². The number of likely N-dealkylation sites (N-methyl/N-ethyl adjacent to an activating group) is 1. The highest BCUT2D eigenvalue weighted by Crippen LogP contribution is 2.12. The highest BCUT2D eigenvalue weighted by molar-refractivity contribution is 6.04. The van der Waals surface area contributed by atoms with Crippen LogP contribution in [0.15, 0.2) is 66.0 Å². The van der Waals surface area contributed by atoms with Gasteiger partial charge in [0.25, 0.3) is 0 Å². The Morgan fingerprint density at radius 2 is 2.00 bits per heavy atom. The molecule has 0 atom stereocenters. The van der Waals surface area contributed by atoms with Gasteiger partial charge < -0.3 is 21.1 Å². The summed E-state index contributed by atoms with van der Waals surface area (Å²) in [5.41, 5.74) is 8.11. The third-order valence-electron chi connectivity index (χ3n) is 3.04. The minimum Gasteiger partial charge on any atom is -0.492 e. The van der Waals surface area contributed by atoms with Crippen molar-refractivity contribution < 1.29 is 4.74 Å². The van der Waals surface area contributed by atoms with Crippen molar-refractivity contribution in [2.75, 3.05) is 27.2 Å². The van der Waals surface area contributed by atoms with Crippen LogP contribution in [-0.2, 0) is 6.54 Å². The highest BCUT2D eigenvalue weighted by Gasteiger charge is 1.96. The van der Waals surface area contributed by atoms with Gasteiger partial charge in [0.2, 0.25) is 0 Å². The normalized spacial score (nSPS) is 12.0. The summed E-state index contributed by atoms with van der Waals surface area (Å²) in [6.45, 7) is 6.16. The summed E-state index contributed by atoms with van der Waals surface area (Å²) in [7, 11) is 3.62. The molecule has 0 aliphatic heterocycles. The predicted molar refractivity (Wildman–Crippen MR) is 97.7 cm³/mol. The van der Waals surface area contributed by atoms with Crippen molar-refractivity contribution in [2.45, 2.75) is 6.54 Å². The Balaban J connectivity index is 2.42. The molecule has 0 aliphatic carbocycles. The second-order valence-corrected chi connectivity index (χ2v) is 4.82. The number of hydrogen-bond acceptors (Lipinski definition) is 5.